The van der Waals surface area contributed by atoms with E-state index in [1.165, 1.54) is 4.57 Å². The Morgan fingerprint density at radius 3 is 2.87 bits per heavy atom. The van der Waals surface area contributed by atoms with Crippen LogP contribution in [-0.2, 0) is 11.3 Å². The molecule has 2 aromatic rings. The van der Waals surface area contributed by atoms with Crippen LogP contribution in [0.2, 0.25) is 0 Å². The monoisotopic (exact) mass is 319 g/mol. The first-order chi connectivity index (χ1) is 11.1. The zero-order chi connectivity index (χ0) is 16.2. The molecule has 1 fully saturated rings. The van der Waals surface area contributed by atoms with Gasteiger partial charge in [-0.15, -0.1) is 0 Å². The van der Waals surface area contributed by atoms with Crippen LogP contribution < -0.4 is 5.76 Å². The normalized spacial score (nSPS) is 20.5. The van der Waals surface area contributed by atoms with Gasteiger partial charge in [0.25, 0.3) is 0 Å². The molecule has 1 aliphatic rings. The topological polar surface area (TPSA) is 80.7 Å². The fourth-order valence-corrected chi connectivity index (χ4v) is 2.85. The van der Waals surface area contributed by atoms with Gasteiger partial charge in [-0.05, 0) is 6.92 Å². The van der Waals surface area contributed by atoms with Crippen molar-refractivity contribution in [3.8, 4) is 11.4 Å². The van der Waals surface area contributed by atoms with Gasteiger partial charge in [-0.1, -0.05) is 35.5 Å². The Labute approximate surface area is 134 Å². The lowest BCUT2D eigenvalue weighted by Crippen LogP contribution is -2.45. The number of β-amino-alcohol motifs (C(OH)–C–C–N with tert-alkyl or cyclic N) is 1. The minimum atomic E-state index is -0.681. The number of hydrogen-bond donors (Lipinski definition) is 1. The smallest absolute Gasteiger partial charge is 0.390 e. The van der Waals surface area contributed by atoms with Crippen molar-refractivity contribution in [1.82, 2.24) is 14.6 Å². The second kappa shape index (κ2) is 7.08. The molecule has 2 unspecified atom stereocenters. The maximum atomic E-state index is 11.9. The number of aliphatic hydroxyl groups is 1. The van der Waals surface area contributed by atoms with Crippen LogP contribution >= 0.6 is 0 Å². The Balaban J connectivity index is 1.70. The standard InChI is InChI=1S/C16H21N3O4/c1-12-9-18(7-8-22-12)10-14(20)11-19-15(17-23-16(19)21)13-5-3-2-4-6-13/h2-6,12,14,20H,7-11H2,1H3. The van der Waals surface area contributed by atoms with Gasteiger partial charge in [0.05, 0.1) is 25.4 Å². The highest BCUT2D eigenvalue weighted by Crippen LogP contribution is 2.15. The summed E-state index contributed by atoms with van der Waals surface area (Å²) in [5, 5.41) is 14.2. The zero-order valence-electron chi connectivity index (χ0n) is 13.1. The minimum Gasteiger partial charge on any atom is -0.390 e. The summed E-state index contributed by atoms with van der Waals surface area (Å²) >= 11 is 0. The van der Waals surface area contributed by atoms with Crippen LogP contribution in [-0.4, -0.2) is 58.2 Å². The predicted octanol–water partition coefficient (Wildman–Crippen LogP) is 0.585. The second-order valence-corrected chi connectivity index (χ2v) is 5.84. The first-order valence-electron chi connectivity index (χ1n) is 7.77. The first-order valence-corrected chi connectivity index (χ1v) is 7.77. The van der Waals surface area contributed by atoms with Crippen molar-refractivity contribution in [3.63, 3.8) is 0 Å². The van der Waals surface area contributed by atoms with Crippen molar-refractivity contribution < 1.29 is 14.4 Å². The molecule has 1 aromatic heterocycles. The molecule has 7 heteroatoms. The van der Waals surface area contributed by atoms with Crippen LogP contribution in [0.25, 0.3) is 11.4 Å². The molecule has 1 N–H and O–H groups in total. The maximum absolute atomic E-state index is 11.9. The average Bonchev–Trinajstić information content (AvgIpc) is 2.89. The molecule has 2 atom stereocenters. The number of benzene rings is 1. The molecule has 0 spiro atoms. The first kappa shape index (κ1) is 15.9. The molecule has 23 heavy (non-hydrogen) atoms. The minimum absolute atomic E-state index is 0.151. The van der Waals surface area contributed by atoms with E-state index in [2.05, 4.69) is 10.1 Å². The summed E-state index contributed by atoms with van der Waals surface area (Å²) in [7, 11) is 0. The van der Waals surface area contributed by atoms with Crippen molar-refractivity contribution in [2.75, 3.05) is 26.2 Å². The summed E-state index contributed by atoms with van der Waals surface area (Å²) in [5.74, 6) is -0.122. The molecular weight excluding hydrogens is 298 g/mol. The molecule has 1 saturated heterocycles. The lowest BCUT2D eigenvalue weighted by molar-refractivity contribution is -0.0332. The number of aromatic nitrogens is 2. The van der Waals surface area contributed by atoms with Gasteiger partial charge in [-0.3, -0.25) is 14.0 Å². The molecule has 1 aromatic carbocycles. The van der Waals surface area contributed by atoms with Crippen molar-refractivity contribution in [1.29, 1.82) is 0 Å². The Kier molecular flexibility index (Phi) is 4.90. The molecule has 0 bridgehead atoms. The number of hydrogen-bond acceptors (Lipinski definition) is 6. The van der Waals surface area contributed by atoms with Crippen LogP contribution in [0.4, 0.5) is 0 Å². The average molecular weight is 319 g/mol. The summed E-state index contributed by atoms with van der Waals surface area (Å²) in [6.07, 6.45) is -0.519. The van der Waals surface area contributed by atoms with Gasteiger partial charge >= 0.3 is 5.76 Å². The highest BCUT2D eigenvalue weighted by molar-refractivity contribution is 5.54. The number of rotatable bonds is 5. The molecule has 124 valence electrons. The quantitative estimate of drug-likeness (QED) is 0.868. The van der Waals surface area contributed by atoms with E-state index in [1.54, 1.807) is 0 Å². The fraction of sp³-hybridized carbons (Fsp3) is 0.500. The highest BCUT2D eigenvalue weighted by atomic mass is 16.5. The third-order valence-corrected chi connectivity index (χ3v) is 3.91. The van der Waals surface area contributed by atoms with Gasteiger partial charge in [-0.2, -0.15) is 0 Å². The summed E-state index contributed by atoms with van der Waals surface area (Å²) in [6, 6.07) is 9.32. The molecule has 0 aliphatic carbocycles. The van der Waals surface area contributed by atoms with Crippen molar-refractivity contribution in [2.45, 2.75) is 25.7 Å². The van der Waals surface area contributed by atoms with Gasteiger partial charge in [0.15, 0.2) is 5.82 Å². The largest absolute Gasteiger partial charge is 0.441 e. The fourth-order valence-electron chi connectivity index (χ4n) is 2.85. The van der Waals surface area contributed by atoms with E-state index in [-0.39, 0.29) is 12.6 Å². The van der Waals surface area contributed by atoms with E-state index in [9.17, 15) is 9.90 Å². The zero-order valence-corrected chi connectivity index (χ0v) is 13.1. The molecule has 7 nitrogen and oxygen atoms in total. The lowest BCUT2D eigenvalue weighted by atomic mass is 10.2. The van der Waals surface area contributed by atoms with Crippen molar-refractivity contribution >= 4 is 0 Å². The van der Waals surface area contributed by atoms with E-state index in [4.69, 9.17) is 9.26 Å². The van der Waals surface area contributed by atoms with Crippen LogP contribution in [0.3, 0.4) is 0 Å². The molecule has 3 rings (SSSR count). The SMILES string of the molecule is CC1CN(CC(O)Cn2c(-c3ccccc3)noc2=O)CCO1. The van der Waals surface area contributed by atoms with E-state index in [0.29, 0.717) is 19.0 Å². The molecule has 0 amide bonds. The summed E-state index contributed by atoms with van der Waals surface area (Å²) in [6.45, 7) is 4.87. The predicted molar refractivity (Wildman–Crippen MR) is 84.1 cm³/mol. The van der Waals surface area contributed by atoms with Gasteiger partial charge in [-0.25, -0.2) is 4.79 Å². The third kappa shape index (κ3) is 3.87. The molecular formula is C16H21N3O4. The Morgan fingerprint density at radius 2 is 2.13 bits per heavy atom. The van der Waals surface area contributed by atoms with Gasteiger partial charge in [0, 0.05) is 25.2 Å². The van der Waals surface area contributed by atoms with Crippen molar-refractivity contribution in [2.24, 2.45) is 0 Å². The third-order valence-electron chi connectivity index (χ3n) is 3.91. The molecule has 0 saturated carbocycles. The van der Waals surface area contributed by atoms with E-state index < -0.39 is 11.9 Å². The Hall–Kier alpha value is -1.96. The summed E-state index contributed by atoms with van der Waals surface area (Å²) in [5.41, 5.74) is 0.783. The highest BCUT2D eigenvalue weighted by Gasteiger charge is 2.21. The molecule has 0 radical (unpaired) electrons. The van der Waals surface area contributed by atoms with Gasteiger partial charge < -0.3 is 9.84 Å². The number of ether oxygens (including phenoxy) is 1. The number of nitrogens with zero attached hydrogens (tertiary/aromatic N) is 3. The van der Waals surface area contributed by atoms with E-state index >= 15 is 0 Å². The van der Waals surface area contributed by atoms with E-state index in [1.807, 2.05) is 37.3 Å². The number of aliphatic hydroxyl groups excluding tert-OH is 1. The van der Waals surface area contributed by atoms with Gasteiger partial charge in [0.2, 0.25) is 0 Å². The van der Waals surface area contributed by atoms with Crippen LogP contribution in [0.1, 0.15) is 6.92 Å². The Morgan fingerprint density at radius 1 is 1.35 bits per heavy atom. The molecule has 1 aliphatic heterocycles. The van der Waals surface area contributed by atoms with Crippen molar-refractivity contribution in [3.05, 3.63) is 40.9 Å². The maximum Gasteiger partial charge on any atom is 0.441 e. The van der Waals surface area contributed by atoms with E-state index in [0.717, 1.165) is 18.7 Å². The molecule has 2 heterocycles. The number of morpholine rings is 1. The van der Waals surface area contributed by atoms with Crippen LogP contribution in [0, 0.1) is 0 Å². The summed E-state index contributed by atoms with van der Waals surface area (Å²) < 4.78 is 11.6. The lowest BCUT2D eigenvalue weighted by Gasteiger charge is -2.32. The van der Waals surface area contributed by atoms with Gasteiger partial charge in [0.1, 0.15) is 0 Å². The second-order valence-electron chi connectivity index (χ2n) is 5.84. The van der Waals surface area contributed by atoms with Crippen LogP contribution in [0.5, 0.6) is 0 Å². The summed E-state index contributed by atoms with van der Waals surface area (Å²) in [4.78, 5) is 14.0. The Bertz CT molecular complexity index is 682. The van der Waals surface area contributed by atoms with Crippen LogP contribution in [0.15, 0.2) is 39.6 Å².